The lowest BCUT2D eigenvalue weighted by Crippen LogP contribution is -2.54. The van der Waals surface area contributed by atoms with Crippen LogP contribution in [0.3, 0.4) is 0 Å². The molecule has 1 aromatic rings. The van der Waals surface area contributed by atoms with Crippen molar-refractivity contribution in [3.63, 3.8) is 0 Å². The molecule has 1 aliphatic heterocycles. The molecule has 1 aliphatic rings. The van der Waals surface area contributed by atoms with Crippen LogP contribution >= 0.6 is 0 Å². The van der Waals surface area contributed by atoms with Gasteiger partial charge < -0.3 is 14.9 Å². The lowest BCUT2D eigenvalue weighted by atomic mass is 10.1. The van der Waals surface area contributed by atoms with Gasteiger partial charge in [0.05, 0.1) is 33.0 Å². The second-order valence-corrected chi connectivity index (χ2v) is 10.1. The van der Waals surface area contributed by atoms with Gasteiger partial charge in [0.15, 0.2) is 0 Å². The average Bonchev–Trinajstić information content (AvgIpc) is 2.92. The minimum absolute atomic E-state index is 0.0222. The number of hydrogen-bond donors (Lipinski definition) is 4. The fourth-order valence-electron chi connectivity index (χ4n) is 4.94. The van der Waals surface area contributed by atoms with E-state index in [0.29, 0.717) is 52.4 Å². The number of ether oxygens (including phenoxy) is 1. The Balaban J connectivity index is 2.25. The molecule has 228 valence electrons. The van der Waals surface area contributed by atoms with Crippen molar-refractivity contribution < 1.29 is 44.8 Å². The molecule has 3 unspecified atom stereocenters. The van der Waals surface area contributed by atoms with Crippen molar-refractivity contribution in [2.24, 2.45) is 0 Å². The van der Waals surface area contributed by atoms with E-state index in [4.69, 9.17) is 15.3 Å². The van der Waals surface area contributed by atoms with E-state index < -0.39 is 18.0 Å². The van der Waals surface area contributed by atoms with Crippen LogP contribution in [0.2, 0.25) is 0 Å². The Morgan fingerprint density at radius 3 is 1.98 bits per heavy atom. The van der Waals surface area contributed by atoms with Gasteiger partial charge in [0.25, 0.3) is 0 Å². The van der Waals surface area contributed by atoms with Gasteiger partial charge >= 0.3 is 11.9 Å². The summed E-state index contributed by atoms with van der Waals surface area (Å²) in [6, 6.07) is 8.38. The highest BCUT2D eigenvalue weighted by molar-refractivity contribution is 5.73. The molecule has 13 nitrogen and oxygen atoms in total. The van der Waals surface area contributed by atoms with Crippen LogP contribution in [0.5, 0.6) is 0 Å². The van der Waals surface area contributed by atoms with Crippen molar-refractivity contribution in [1.82, 2.24) is 19.6 Å². The van der Waals surface area contributed by atoms with Gasteiger partial charge in [0.1, 0.15) is 6.04 Å². The zero-order valence-corrected chi connectivity index (χ0v) is 23.6. The lowest BCUT2D eigenvalue weighted by molar-refractivity contribution is -0.253. The first-order chi connectivity index (χ1) is 19.3. The Morgan fingerprint density at radius 1 is 0.825 bits per heavy atom. The van der Waals surface area contributed by atoms with Crippen molar-refractivity contribution >= 4 is 11.9 Å². The summed E-state index contributed by atoms with van der Waals surface area (Å²) >= 11 is 0. The van der Waals surface area contributed by atoms with Crippen LogP contribution in [0.1, 0.15) is 25.8 Å². The Morgan fingerprint density at radius 2 is 1.40 bits per heavy atom. The highest BCUT2D eigenvalue weighted by Crippen LogP contribution is 2.12. The van der Waals surface area contributed by atoms with E-state index >= 15 is 0 Å². The van der Waals surface area contributed by atoms with Crippen LogP contribution in [0.25, 0.3) is 0 Å². The summed E-state index contributed by atoms with van der Waals surface area (Å²) in [6.45, 7) is 7.96. The number of hydrogen-bond acceptors (Lipinski definition) is 11. The van der Waals surface area contributed by atoms with E-state index in [-0.39, 0.29) is 45.1 Å². The molecule has 4 N–H and O–H groups in total. The third-order valence-electron chi connectivity index (χ3n) is 7.42. The maximum Gasteiger partial charge on any atom is 0.323 e. The maximum atomic E-state index is 12.4. The monoisotopic (exact) mass is 570 g/mol. The number of nitrogens with zero attached hydrogens (tertiary/aromatic N) is 4. The molecule has 3 atom stereocenters. The number of carboxylic acids is 2. The van der Waals surface area contributed by atoms with Gasteiger partial charge in [0, 0.05) is 64.4 Å². The van der Waals surface area contributed by atoms with Gasteiger partial charge in [-0.05, 0) is 18.9 Å². The summed E-state index contributed by atoms with van der Waals surface area (Å²) in [5.41, 5.74) is 0.943. The summed E-state index contributed by atoms with van der Waals surface area (Å²) in [5.74, 6) is -1.97. The van der Waals surface area contributed by atoms with Crippen molar-refractivity contribution in [3.05, 3.63) is 35.9 Å². The third kappa shape index (κ3) is 12.1. The first-order valence-corrected chi connectivity index (χ1v) is 13.8. The van der Waals surface area contributed by atoms with Gasteiger partial charge in [-0.3, -0.25) is 39.7 Å². The van der Waals surface area contributed by atoms with Gasteiger partial charge in [-0.15, -0.1) is 0 Å². The van der Waals surface area contributed by atoms with Crippen LogP contribution in [0.4, 0.5) is 0 Å². The number of benzene rings is 1. The normalized spacial score (nSPS) is 19.8. The van der Waals surface area contributed by atoms with E-state index in [2.05, 4.69) is 19.6 Å². The fourth-order valence-corrected chi connectivity index (χ4v) is 4.94. The summed E-state index contributed by atoms with van der Waals surface area (Å²) in [7, 11) is 0. The molecular weight excluding hydrogens is 524 g/mol. The number of carbonyl (C=O) groups is 2. The quantitative estimate of drug-likeness (QED) is 0.176. The van der Waals surface area contributed by atoms with Gasteiger partial charge in [0.2, 0.25) is 0 Å². The Hall–Kier alpha value is -2.20. The summed E-state index contributed by atoms with van der Waals surface area (Å²) < 4.78 is 5.81. The first-order valence-electron chi connectivity index (χ1n) is 13.8. The molecule has 0 aromatic heterocycles. The lowest BCUT2D eigenvalue weighted by Gasteiger charge is -2.39. The molecule has 0 spiro atoms. The molecule has 2 rings (SSSR count). The zero-order chi connectivity index (χ0) is 29.3. The first kappa shape index (κ1) is 34.0. The van der Waals surface area contributed by atoms with E-state index in [9.17, 15) is 19.8 Å². The molecule has 1 fully saturated rings. The Bertz CT molecular complexity index is 851. The van der Waals surface area contributed by atoms with Crippen molar-refractivity contribution in [3.8, 4) is 0 Å². The summed E-state index contributed by atoms with van der Waals surface area (Å²) in [4.78, 5) is 40.8. The highest BCUT2D eigenvalue weighted by Gasteiger charge is 2.29. The standard InChI is InChI=1S/C27H46N4O9/c1-3-24(20-40-37)30-11-9-28(17-26(32)33)10-12-31(16-14-29(13-15-30)22(2)18-39-36)25(27(34)35)21-38-19-23-7-5-4-6-8-23/h4-8,22,24-25,36-37H,3,9-21H2,1-2H3,(H,32,33)(H,34,35). The van der Waals surface area contributed by atoms with Crippen molar-refractivity contribution in [1.29, 1.82) is 0 Å². The molecule has 0 amide bonds. The SMILES string of the molecule is CCC(COO)N1CCN(CC(=O)O)CCN(C(COCc2ccccc2)C(=O)O)CCN(C(C)COO)CC1. The molecular formula is C27H46N4O9. The van der Waals surface area contributed by atoms with Gasteiger partial charge in [-0.25, -0.2) is 9.78 Å². The molecule has 0 saturated carbocycles. The predicted octanol–water partition coefficient (Wildman–Crippen LogP) is 1.11. The minimum Gasteiger partial charge on any atom is -0.480 e. The van der Waals surface area contributed by atoms with E-state index in [0.717, 1.165) is 12.0 Å². The minimum atomic E-state index is -1.01. The van der Waals surface area contributed by atoms with Crippen LogP contribution in [0, 0.1) is 0 Å². The molecule has 1 aromatic carbocycles. The Labute approximate surface area is 236 Å². The second-order valence-electron chi connectivity index (χ2n) is 10.1. The molecule has 1 saturated heterocycles. The largest absolute Gasteiger partial charge is 0.480 e. The highest BCUT2D eigenvalue weighted by atomic mass is 17.1. The number of carboxylic acid groups (broad SMARTS) is 2. The molecule has 0 radical (unpaired) electrons. The third-order valence-corrected chi connectivity index (χ3v) is 7.42. The average molecular weight is 571 g/mol. The topological polar surface area (TPSA) is 156 Å². The van der Waals surface area contributed by atoms with E-state index in [1.807, 2.05) is 49.1 Å². The van der Waals surface area contributed by atoms with Gasteiger partial charge in [-0.1, -0.05) is 37.3 Å². The van der Waals surface area contributed by atoms with Crippen LogP contribution in [0.15, 0.2) is 30.3 Å². The van der Waals surface area contributed by atoms with Gasteiger partial charge in [-0.2, -0.15) is 0 Å². The predicted molar refractivity (Wildman–Crippen MR) is 147 cm³/mol. The fraction of sp³-hybridized carbons (Fsp3) is 0.704. The summed E-state index contributed by atoms with van der Waals surface area (Å²) in [6.07, 6.45) is 0.728. The van der Waals surface area contributed by atoms with Crippen LogP contribution in [-0.4, -0.2) is 149 Å². The summed E-state index contributed by atoms with van der Waals surface area (Å²) in [5, 5.41) is 37.8. The molecule has 0 aliphatic carbocycles. The molecule has 40 heavy (non-hydrogen) atoms. The molecule has 13 heteroatoms. The van der Waals surface area contributed by atoms with E-state index in [1.54, 1.807) is 4.90 Å². The number of rotatable bonds is 15. The van der Waals surface area contributed by atoms with Crippen LogP contribution < -0.4 is 0 Å². The maximum absolute atomic E-state index is 12.4. The smallest absolute Gasteiger partial charge is 0.323 e. The Kier molecular flexibility index (Phi) is 16.2. The number of aliphatic carboxylic acids is 2. The van der Waals surface area contributed by atoms with Crippen LogP contribution in [-0.2, 0) is 30.7 Å². The molecule has 0 bridgehead atoms. The van der Waals surface area contributed by atoms with Crippen molar-refractivity contribution in [2.45, 2.75) is 45.0 Å². The second kappa shape index (κ2) is 19.0. The zero-order valence-electron chi connectivity index (χ0n) is 23.6. The van der Waals surface area contributed by atoms with E-state index in [1.165, 1.54) is 0 Å². The molecule has 1 heterocycles. The van der Waals surface area contributed by atoms with Crippen molar-refractivity contribution in [2.75, 3.05) is 78.7 Å².